The number of pyridine rings is 1. The molecule has 0 spiro atoms. The van der Waals surface area contributed by atoms with Gasteiger partial charge in [0, 0.05) is 26.0 Å². The van der Waals surface area contributed by atoms with Gasteiger partial charge in [-0.05, 0) is 38.0 Å². The summed E-state index contributed by atoms with van der Waals surface area (Å²) in [5.74, 6) is -1.01. The van der Waals surface area contributed by atoms with Crippen molar-refractivity contribution in [3.63, 3.8) is 0 Å². The first-order chi connectivity index (χ1) is 13.3. The molecule has 1 unspecified atom stereocenters. The third-order valence-corrected chi connectivity index (χ3v) is 6.38. The monoisotopic (exact) mass is 406 g/mol. The predicted molar refractivity (Wildman–Crippen MR) is 101 cm³/mol. The second-order valence-corrected chi connectivity index (χ2v) is 8.29. The molecule has 2 aromatic rings. The predicted octanol–water partition coefficient (Wildman–Crippen LogP) is 1.39. The lowest BCUT2D eigenvalue weighted by atomic mass is 10.2. The summed E-state index contributed by atoms with van der Waals surface area (Å²) >= 11 is 0. The van der Waals surface area contributed by atoms with Crippen molar-refractivity contribution in [1.29, 1.82) is 0 Å². The van der Waals surface area contributed by atoms with Crippen LogP contribution in [0.5, 0.6) is 0 Å². The quantitative estimate of drug-likeness (QED) is 0.726. The van der Waals surface area contributed by atoms with E-state index in [1.807, 2.05) is 0 Å². The Kier molecular flexibility index (Phi) is 5.80. The lowest BCUT2D eigenvalue weighted by Gasteiger charge is -2.22. The summed E-state index contributed by atoms with van der Waals surface area (Å²) in [6, 6.07) is 3.82. The van der Waals surface area contributed by atoms with Gasteiger partial charge in [0.15, 0.2) is 0 Å². The van der Waals surface area contributed by atoms with E-state index in [0.717, 1.165) is 0 Å². The van der Waals surface area contributed by atoms with E-state index >= 15 is 0 Å². The van der Waals surface area contributed by atoms with E-state index in [1.165, 1.54) is 27.3 Å². The molecule has 0 saturated carbocycles. The second kappa shape index (κ2) is 8.11. The Morgan fingerprint density at radius 3 is 2.86 bits per heavy atom. The first kappa shape index (κ1) is 20.0. The van der Waals surface area contributed by atoms with Crippen LogP contribution in [0.15, 0.2) is 41.7 Å². The molecule has 0 aromatic carbocycles. The van der Waals surface area contributed by atoms with Gasteiger partial charge in [-0.25, -0.2) is 13.2 Å². The van der Waals surface area contributed by atoms with E-state index in [4.69, 9.17) is 4.74 Å². The topological polar surface area (TPSA) is 111 Å². The fraction of sp³-hybridized carbons (Fsp3) is 0.389. The molecule has 1 aliphatic heterocycles. The van der Waals surface area contributed by atoms with Crippen LogP contribution in [-0.4, -0.2) is 53.3 Å². The summed E-state index contributed by atoms with van der Waals surface area (Å²) in [6.45, 7) is 2.10. The third kappa shape index (κ3) is 3.92. The number of rotatable bonds is 6. The van der Waals surface area contributed by atoms with Crippen molar-refractivity contribution in [2.24, 2.45) is 7.05 Å². The van der Waals surface area contributed by atoms with E-state index in [2.05, 4.69) is 10.3 Å². The van der Waals surface area contributed by atoms with Gasteiger partial charge >= 0.3 is 5.97 Å². The van der Waals surface area contributed by atoms with E-state index in [0.29, 0.717) is 18.5 Å². The molecular formula is C18H22N4O5S. The molecule has 1 aliphatic rings. The number of anilines is 1. The van der Waals surface area contributed by atoms with Crippen LogP contribution >= 0.6 is 0 Å². The highest BCUT2D eigenvalue weighted by Gasteiger charge is 2.40. The number of hydrogen-bond donors (Lipinski definition) is 1. The number of sulfonamides is 1. The van der Waals surface area contributed by atoms with E-state index in [1.54, 1.807) is 32.3 Å². The molecule has 1 saturated heterocycles. The summed E-state index contributed by atoms with van der Waals surface area (Å²) in [5, 5.41) is 2.70. The van der Waals surface area contributed by atoms with Crippen LogP contribution in [0.1, 0.15) is 30.3 Å². The fourth-order valence-corrected chi connectivity index (χ4v) is 4.90. The molecule has 0 bridgehead atoms. The maximum absolute atomic E-state index is 13.1. The number of carbonyl (C=O) groups excluding carboxylic acids is 2. The maximum Gasteiger partial charge on any atom is 0.354 e. The number of aromatic nitrogens is 2. The van der Waals surface area contributed by atoms with Gasteiger partial charge in [-0.3, -0.25) is 9.78 Å². The molecule has 1 N–H and O–H groups in total. The molecule has 3 heterocycles. The Balaban J connectivity index is 1.83. The smallest absolute Gasteiger partial charge is 0.354 e. The first-order valence-electron chi connectivity index (χ1n) is 8.90. The van der Waals surface area contributed by atoms with Crippen LogP contribution in [-0.2, 0) is 26.6 Å². The zero-order chi connectivity index (χ0) is 20.3. The van der Waals surface area contributed by atoms with Gasteiger partial charge in [-0.2, -0.15) is 4.31 Å². The Hall–Kier alpha value is -2.72. The average molecular weight is 406 g/mol. The van der Waals surface area contributed by atoms with Gasteiger partial charge in [0.2, 0.25) is 15.9 Å². The number of esters is 1. The summed E-state index contributed by atoms with van der Waals surface area (Å²) < 4.78 is 33.8. The fourth-order valence-electron chi connectivity index (χ4n) is 3.17. The van der Waals surface area contributed by atoms with Gasteiger partial charge in [0.25, 0.3) is 0 Å². The zero-order valence-electron chi connectivity index (χ0n) is 15.7. The minimum atomic E-state index is -3.95. The Bertz CT molecular complexity index is 971. The molecular weight excluding hydrogens is 384 g/mol. The minimum Gasteiger partial charge on any atom is -0.461 e. The van der Waals surface area contributed by atoms with Crippen LogP contribution in [0.2, 0.25) is 0 Å². The Labute approximate surface area is 163 Å². The lowest BCUT2D eigenvalue weighted by molar-refractivity contribution is -0.119. The summed E-state index contributed by atoms with van der Waals surface area (Å²) in [5.41, 5.74) is 0.636. The summed E-state index contributed by atoms with van der Waals surface area (Å²) in [4.78, 5) is 28.5. The maximum atomic E-state index is 13.1. The number of hydrogen-bond acceptors (Lipinski definition) is 6. The van der Waals surface area contributed by atoms with Crippen LogP contribution in [0.25, 0.3) is 0 Å². The molecule has 10 heteroatoms. The van der Waals surface area contributed by atoms with Crippen molar-refractivity contribution >= 4 is 27.6 Å². The van der Waals surface area contributed by atoms with Crippen LogP contribution < -0.4 is 5.32 Å². The van der Waals surface area contributed by atoms with Gasteiger partial charge in [-0.1, -0.05) is 0 Å². The molecule has 1 atom stereocenters. The molecule has 2 aromatic heterocycles. The normalized spacial score (nSPS) is 17.4. The van der Waals surface area contributed by atoms with Crippen molar-refractivity contribution in [2.75, 3.05) is 18.5 Å². The number of carbonyl (C=O) groups is 2. The standard InChI is InChI=1S/C18H22N4O5S/c1-3-27-18(24)16-10-14(12-21(16)2)28(25,26)22-9-5-7-15(22)17(23)20-13-6-4-8-19-11-13/h4,6,8,10-12,15H,3,5,7,9H2,1-2H3,(H,20,23). The second-order valence-electron chi connectivity index (χ2n) is 6.40. The first-order valence-corrected chi connectivity index (χ1v) is 10.3. The molecule has 0 radical (unpaired) electrons. The van der Waals surface area contributed by atoms with E-state index < -0.39 is 27.9 Å². The van der Waals surface area contributed by atoms with Crippen LogP contribution in [0.3, 0.4) is 0 Å². The highest BCUT2D eigenvalue weighted by Crippen LogP contribution is 2.28. The Morgan fingerprint density at radius 1 is 1.39 bits per heavy atom. The molecule has 0 aliphatic carbocycles. The highest BCUT2D eigenvalue weighted by molar-refractivity contribution is 7.89. The molecule has 9 nitrogen and oxygen atoms in total. The zero-order valence-corrected chi connectivity index (χ0v) is 16.5. The summed E-state index contributed by atoms with van der Waals surface area (Å²) in [7, 11) is -2.38. The van der Waals surface area contributed by atoms with Gasteiger partial charge in [0.05, 0.1) is 18.5 Å². The van der Waals surface area contributed by atoms with Gasteiger partial charge < -0.3 is 14.6 Å². The Morgan fingerprint density at radius 2 is 2.18 bits per heavy atom. The molecule has 3 rings (SSSR count). The third-order valence-electron chi connectivity index (χ3n) is 4.51. The van der Waals surface area contributed by atoms with Crippen molar-refractivity contribution in [3.05, 3.63) is 42.5 Å². The number of aryl methyl sites for hydroxylation is 1. The van der Waals surface area contributed by atoms with Crippen molar-refractivity contribution in [2.45, 2.75) is 30.7 Å². The van der Waals surface area contributed by atoms with E-state index in [9.17, 15) is 18.0 Å². The number of nitrogens with one attached hydrogen (secondary N) is 1. The van der Waals surface area contributed by atoms with Crippen LogP contribution in [0, 0.1) is 0 Å². The van der Waals surface area contributed by atoms with Crippen LogP contribution in [0.4, 0.5) is 5.69 Å². The van der Waals surface area contributed by atoms with Crippen molar-refractivity contribution < 1.29 is 22.7 Å². The number of amides is 1. The molecule has 150 valence electrons. The average Bonchev–Trinajstić information content (AvgIpc) is 3.30. The largest absolute Gasteiger partial charge is 0.461 e. The SMILES string of the molecule is CCOC(=O)c1cc(S(=O)(=O)N2CCCC2C(=O)Nc2cccnc2)cn1C. The van der Waals surface area contributed by atoms with E-state index in [-0.39, 0.29) is 23.7 Å². The van der Waals surface area contributed by atoms with Gasteiger partial charge in [0.1, 0.15) is 16.6 Å². The molecule has 1 fully saturated rings. The van der Waals surface area contributed by atoms with Crippen molar-refractivity contribution in [1.82, 2.24) is 13.9 Å². The van der Waals surface area contributed by atoms with Crippen molar-refractivity contribution in [3.8, 4) is 0 Å². The number of nitrogens with zero attached hydrogens (tertiary/aromatic N) is 3. The molecule has 1 amide bonds. The summed E-state index contributed by atoms with van der Waals surface area (Å²) in [6.07, 6.45) is 5.42. The number of ether oxygens (including phenoxy) is 1. The highest BCUT2D eigenvalue weighted by atomic mass is 32.2. The minimum absolute atomic E-state index is 0.0425. The molecule has 28 heavy (non-hydrogen) atoms. The van der Waals surface area contributed by atoms with Gasteiger partial charge in [-0.15, -0.1) is 0 Å². The lowest BCUT2D eigenvalue weighted by Crippen LogP contribution is -2.43.